The summed E-state index contributed by atoms with van der Waals surface area (Å²) in [6.45, 7) is 4.83. The molecular weight excluding hydrogens is 438 g/mol. The molecule has 0 saturated carbocycles. The van der Waals surface area contributed by atoms with Gasteiger partial charge in [0.1, 0.15) is 5.69 Å². The van der Waals surface area contributed by atoms with Crippen molar-refractivity contribution in [3.63, 3.8) is 0 Å². The Balaban J connectivity index is 1.79. The van der Waals surface area contributed by atoms with Gasteiger partial charge in [-0.2, -0.15) is 5.10 Å². The van der Waals surface area contributed by atoms with E-state index in [1.807, 2.05) is 56.3 Å². The molecular formula is C20H18BrN5OS. The van der Waals surface area contributed by atoms with E-state index in [9.17, 15) is 4.79 Å². The van der Waals surface area contributed by atoms with Crippen molar-refractivity contribution in [2.75, 3.05) is 4.90 Å². The van der Waals surface area contributed by atoms with Crippen molar-refractivity contribution in [2.45, 2.75) is 26.9 Å². The van der Waals surface area contributed by atoms with Gasteiger partial charge in [0, 0.05) is 17.2 Å². The molecule has 0 bridgehead atoms. The molecule has 4 rings (SSSR count). The van der Waals surface area contributed by atoms with Gasteiger partial charge in [-0.3, -0.25) is 19.4 Å². The largest absolute Gasteiger partial charge is 0.278 e. The van der Waals surface area contributed by atoms with Crippen LogP contribution in [-0.4, -0.2) is 25.7 Å². The number of pyridine rings is 1. The van der Waals surface area contributed by atoms with Crippen molar-refractivity contribution in [2.24, 2.45) is 0 Å². The number of nitrogens with zero attached hydrogens (tertiary/aromatic N) is 5. The molecule has 0 aliphatic heterocycles. The summed E-state index contributed by atoms with van der Waals surface area (Å²) in [6, 6.07) is 13.4. The molecule has 1 aromatic carbocycles. The van der Waals surface area contributed by atoms with Gasteiger partial charge in [-0.25, -0.2) is 4.98 Å². The number of aromatic nitrogens is 4. The standard InChI is InChI=1S/C20H18BrN5OS/c1-3-26-17(10-13(2)24-26)19(27)25(12-15-6-4-5-9-22-15)20-23-16-8-7-14(21)11-18(16)28-20/h4-11H,3,12H2,1-2H3. The Morgan fingerprint density at radius 3 is 2.86 bits per heavy atom. The molecule has 3 heterocycles. The molecule has 0 aliphatic rings. The number of anilines is 1. The Morgan fingerprint density at radius 1 is 1.25 bits per heavy atom. The van der Waals surface area contributed by atoms with Crippen LogP contribution in [0.4, 0.5) is 5.13 Å². The van der Waals surface area contributed by atoms with Gasteiger partial charge in [0.05, 0.1) is 28.1 Å². The summed E-state index contributed by atoms with van der Waals surface area (Å²) >= 11 is 4.99. The minimum Gasteiger partial charge on any atom is -0.277 e. The van der Waals surface area contributed by atoms with Crippen molar-refractivity contribution in [3.05, 3.63) is 70.2 Å². The van der Waals surface area contributed by atoms with Crippen molar-refractivity contribution >= 4 is 48.5 Å². The Morgan fingerprint density at radius 2 is 2.11 bits per heavy atom. The molecule has 0 radical (unpaired) electrons. The molecule has 0 fully saturated rings. The van der Waals surface area contributed by atoms with Crippen molar-refractivity contribution in [3.8, 4) is 0 Å². The van der Waals surface area contributed by atoms with E-state index in [-0.39, 0.29) is 5.91 Å². The molecule has 0 saturated heterocycles. The summed E-state index contributed by atoms with van der Waals surface area (Å²) in [5, 5.41) is 5.06. The first-order valence-corrected chi connectivity index (χ1v) is 10.5. The molecule has 0 unspecified atom stereocenters. The lowest BCUT2D eigenvalue weighted by Gasteiger charge is -2.19. The average molecular weight is 456 g/mol. The lowest BCUT2D eigenvalue weighted by Crippen LogP contribution is -2.32. The first kappa shape index (κ1) is 18.8. The number of rotatable bonds is 5. The van der Waals surface area contributed by atoms with Gasteiger partial charge >= 0.3 is 0 Å². The minimum absolute atomic E-state index is 0.133. The maximum absolute atomic E-state index is 13.5. The van der Waals surface area contributed by atoms with Crippen LogP contribution >= 0.6 is 27.3 Å². The van der Waals surface area contributed by atoms with Gasteiger partial charge < -0.3 is 0 Å². The third-order valence-electron chi connectivity index (χ3n) is 4.28. The molecule has 4 aromatic rings. The van der Waals surface area contributed by atoms with E-state index in [0.29, 0.717) is 23.9 Å². The second kappa shape index (κ2) is 7.81. The first-order valence-electron chi connectivity index (χ1n) is 8.87. The topological polar surface area (TPSA) is 63.9 Å². The van der Waals surface area contributed by atoms with E-state index in [2.05, 4.69) is 26.0 Å². The maximum atomic E-state index is 13.5. The number of hydrogen-bond acceptors (Lipinski definition) is 5. The molecule has 6 nitrogen and oxygen atoms in total. The molecule has 142 valence electrons. The number of carbonyl (C=O) groups excluding carboxylic acids is 1. The van der Waals surface area contributed by atoms with Crippen molar-refractivity contribution < 1.29 is 4.79 Å². The SMILES string of the molecule is CCn1nc(C)cc1C(=O)N(Cc1ccccn1)c1nc2ccc(Br)cc2s1. The van der Waals surface area contributed by atoms with Crippen molar-refractivity contribution in [1.29, 1.82) is 0 Å². The molecule has 3 aromatic heterocycles. The molecule has 0 aliphatic carbocycles. The zero-order valence-electron chi connectivity index (χ0n) is 15.5. The molecule has 0 N–H and O–H groups in total. The van der Waals surface area contributed by atoms with Gasteiger partial charge in [-0.05, 0) is 50.2 Å². The number of halogens is 1. The number of hydrogen-bond donors (Lipinski definition) is 0. The second-order valence-corrected chi connectivity index (χ2v) is 8.23. The van der Waals surface area contributed by atoms with Crippen LogP contribution in [0.1, 0.15) is 28.8 Å². The quantitative estimate of drug-likeness (QED) is 0.432. The lowest BCUT2D eigenvalue weighted by atomic mass is 10.3. The van der Waals surface area contributed by atoms with Crippen LogP contribution in [0, 0.1) is 6.92 Å². The highest BCUT2D eigenvalue weighted by Crippen LogP contribution is 2.32. The Bertz CT molecular complexity index is 1140. The van der Waals surface area contributed by atoms with Crippen LogP contribution in [0.3, 0.4) is 0 Å². The maximum Gasteiger partial charge on any atom is 0.278 e. The zero-order valence-corrected chi connectivity index (χ0v) is 17.9. The fourth-order valence-corrected chi connectivity index (χ4v) is 4.49. The normalized spacial score (nSPS) is 11.1. The fraction of sp³-hybridized carbons (Fsp3) is 0.200. The zero-order chi connectivity index (χ0) is 19.7. The predicted molar refractivity (Wildman–Crippen MR) is 115 cm³/mol. The number of amides is 1. The Kier molecular flexibility index (Phi) is 5.23. The average Bonchev–Trinajstić information content (AvgIpc) is 3.29. The summed E-state index contributed by atoms with van der Waals surface area (Å²) in [6.07, 6.45) is 1.73. The summed E-state index contributed by atoms with van der Waals surface area (Å²) in [7, 11) is 0. The highest BCUT2D eigenvalue weighted by molar-refractivity contribution is 9.10. The van der Waals surface area contributed by atoms with E-state index >= 15 is 0 Å². The summed E-state index contributed by atoms with van der Waals surface area (Å²) in [5.74, 6) is -0.133. The molecule has 28 heavy (non-hydrogen) atoms. The summed E-state index contributed by atoms with van der Waals surface area (Å²) in [5.41, 5.74) is 3.03. The van der Waals surface area contributed by atoms with Crippen molar-refractivity contribution in [1.82, 2.24) is 19.7 Å². The highest BCUT2D eigenvalue weighted by atomic mass is 79.9. The molecule has 1 amide bonds. The molecule has 0 spiro atoms. The number of thiazole rings is 1. The van der Waals surface area contributed by atoms with Crippen LogP contribution in [0.2, 0.25) is 0 Å². The molecule has 8 heteroatoms. The smallest absolute Gasteiger partial charge is 0.277 e. The van der Waals surface area contributed by atoms with E-state index in [1.54, 1.807) is 15.8 Å². The van der Waals surface area contributed by atoms with E-state index in [0.717, 1.165) is 26.1 Å². The van der Waals surface area contributed by atoms with E-state index in [4.69, 9.17) is 4.98 Å². The number of aryl methyl sites for hydroxylation is 2. The minimum atomic E-state index is -0.133. The predicted octanol–water partition coefficient (Wildman–Crippen LogP) is 4.83. The monoisotopic (exact) mass is 455 g/mol. The summed E-state index contributed by atoms with van der Waals surface area (Å²) < 4.78 is 3.73. The van der Waals surface area contributed by atoms with Gasteiger partial charge in [-0.1, -0.05) is 33.3 Å². The first-order chi connectivity index (χ1) is 13.5. The summed E-state index contributed by atoms with van der Waals surface area (Å²) in [4.78, 5) is 24.3. The number of carbonyl (C=O) groups is 1. The van der Waals surface area contributed by atoms with Gasteiger partial charge in [0.15, 0.2) is 5.13 Å². The lowest BCUT2D eigenvalue weighted by molar-refractivity contribution is 0.0974. The second-order valence-electron chi connectivity index (χ2n) is 6.31. The Hall–Kier alpha value is -2.58. The van der Waals surface area contributed by atoms with Gasteiger partial charge in [0.25, 0.3) is 5.91 Å². The van der Waals surface area contributed by atoms with E-state index in [1.165, 1.54) is 11.3 Å². The molecule has 0 atom stereocenters. The number of fused-ring (bicyclic) bond motifs is 1. The van der Waals surface area contributed by atoms with Crippen LogP contribution < -0.4 is 4.90 Å². The van der Waals surface area contributed by atoms with Crippen LogP contribution in [0.5, 0.6) is 0 Å². The van der Waals surface area contributed by atoms with Gasteiger partial charge in [0.2, 0.25) is 0 Å². The van der Waals surface area contributed by atoms with Crippen LogP contribution in [0.25, 0.3) is 10.2 Å². The Labute approximate surface area is 175 Å². The van der Waals surface area contributed by atoms with Crippen LogP contribution in [-0.2, 0) is 13.1 Å². The van der Waals surface area contributed by atoms with E-state index < -0.39 is 0 Å². The fourth-order valence-electron chi connectivity index (χ4n) is 2.98. The third-order valence-corrected chi connectivity index (χ3v) is 5.82. The van der Waals surface area contributed by atoms with Gasteiger partial charge in [-0.15, -0.1) is 0 Å². The third kappa shape index (κ3) is 3.70. The van der Waals surface area contributed by atoms with Crippen LogP contribution in [0.15, 0.2) is 53.1 Å². The highest BCUT2D eigenvalue weighted by Gasteiger charge is 2.25. The number of benzene rings is 1.